The molecule has 4 rings (SSSR count). The number of nitrogens with zero attached hydrogens (tertiary/aromatic N) is 2. The van der Waals surface area contributed by atoms with Crippen molar-refractivity contribution in [3.63, 3.8) is 0 Å². The summed E-state index contributed by atoms with van der Waals surface area (Å²) in [6.45, 7) is 1.23. The molecule has 0 spiro atoms. The molecule has 1 aromatic heterocycles. The van der Waals surface area contributed by atoms with Gasteiger partial charge in [0.1, 0.15) is 10.7 Å². The molecule has 0 radical (unpaired) electrons. The van der Waals surface area contributed by atoms with Gasteiger partial charge >= 0.3 is 10.1 Å². The highest BCUT2D eigenvalue weighted by molar-refractivity contribution is 7.87. The fourth-order valence-electron chi connectivity index (χ4n) is 4.79. The van der Waals surface area contributed by atoms with Crippen molar-refractivity contribution in [3.05, 3.63) is 69.8 Å². The molecule has 2 N–H and O–H groups in total. The third-order valence-electron chi connectivity index (χ3n) is 6.73. The van der Waals surface area contributed by atoms with Crippen molar-refractivity contribution in [2.24, 2.45) is 5.84 Å². The molecule has 6 nitrogen and oxygen atoms in total. The average molecular weight is 599 g/mol. The molecule has 3 aromatic rings. The quantitative estimate of drug-likeness (QED) is 0.124. The van der Waals surface area contributed by atoms with Gasteiger partial charge in [-0.1, -0.05) is 54.7 Å². The smallest absolute Gasteiger partial charge is 0.309 e. The highest BCUT2D eigenvalue weighted by Gasteiger charge is 2.26. The molecule has 1 aliphatic rings. The first-order valence-electron chi connectivity index (χ1n) is 12.5. The van der Waals surface area contributed by atoms with Crippen LogP contribution < -0.4 is 10.0 Å². The number of halogens is 3. The summed E-state index contributed by atoms with van der Waals surface area (Å²) >= 11 is 18.6. The summed E-state index contributed by atoms with van der Waals surface area (Å²) in [5.41, 5.74) is 3.94. The second kappa shape index (κ2) is 12.3. The minimum absolute atomic E-state index is 0.115. The topological polar surface area (TPSA) is 77.6 Å². The number of alkyl halides is 1. The Bertz CT molecular complexity index is 1410. The number of hydrogen-bond acceptors (Lipinski definition) is 5. The molecular formula is C27H30Cl2FN3O3S2. The molecule has 0 amide bonds. The number of rotatable bonds is 9. The van der Waals surface area contributed by atoms with Gasteiger partial charge in [0, 0.05) is 33.6 Å². The van der Waals surface area contributed by atoms with Crippen LogP contribution in [-0.4, -0.2) is 41.5 Å². The zero-order chi connectivity index (χ0) is 27.4. The van der Waals surface area contributed by atoms with Crippen LogP contribution >= 0.6 is 35.4 Å². The standard InChI is InChI=1S/C27H30Cl2FN3O3S2/c1-18-24(27(37)33(31)21-6-3-2-4-7-21)17-26(23-13-8-19(28)16-25(23)29)32(18)20-9-11-22(12-10-20)36-38(34,35)15-5-14-30/h8-13,16-17,21H,2-7,14-15,31H2,1H3. The summed E-state index contributed by atoms with van der Waals surface area (Å²) < 4.78 is 43.7. The molecule has 2 aromatic carbocycles. The molecule has 0 bridgehead atoms. The Morgan fingerprint density at radius 2 is 1.82 bits per heavy atom. The molecule has 0 saturated heterocycles. The SMILES string of the molecule is Cc1c(C(=S)N(N)C2CCCCC2)cc(-c2ccc(Cl)cc2Cl)n1-c1ccc(OS(=O)(=O)CCCF)cc1. The van der Waals surface area contributed by atoms with E-state index in [1.54, 1.807) is 41.4 Å². The summed E-state index contributed by atoms with van der Waals surface area (Å²) in [5.74, 6) is 6.29. The van der Waals surface area contributed by atoms with Gasteiger partial charge in [0.25, 0.3) is 0 Å². The van der Waals surface area contributed by atoms with Crippen LogP contribution in [0.1, 0.15) is 49.8 Å². The predicted molar refractivity (Wildman–Crippen MR) is 156 cm³/mol. The van der Waals surface area contributed by atoms with Gasteiger partial charge in [-0.05, 0) is 74.7 Å². The predicted octanol–water partition coefficient (Wildman–Crippen LogP) is 7.01. The number of hydrazine groups is 1. The van der Waals surface area contributed by atoms with Crippen molar-refractivity contribution in [1.29, 1.82) is 0 Å². The second-order valence-corrected chi connectivity index (χ2v) is 12.3. The third-order valence-corrected chi connectivity index (χ3v) is 8.95. The Hall–Kier alpha value is -2.17. The third kappa shape index (κ3) is 6.51. The van der Waals surface area contributed by atoms with Crippen LogP contribution in [-0.2, 0) is 10.1 Å². The Labute approximate surface area is 238 Å². The van der Waals surface area contributed by atoms with Gasteiger partial charge in [0.2, 0.25) is 0 Å². The van der Waals surface area contributed by atoms with Gasteiger partial charge < -0.3 is 8.75 Å². The van der Waals surface area contributed by atoms with Crippen molar-refractivity contribution >= 4 is 50.5 Å². The normalized spacial score (nSPS) is 14.4. The molecule has 38 heavy (non-hydrogen) atoms. The fraction of sp³-hybridized carbons (Fsp3) is 0.370. The first-order valence-corrected chi connectivity index (χ1v) is 15.2. The highest BCUT2D eigenvalue weighted by Crippen LogP contribution is 2.36. The number of nitrogens with two attached hydrogens (primary N) is 1. The van der Waals surface area contributed by atoms with E-state index >= 15 is 0 Å². The molecule has 1 saturated carbocycles. The molecule has 0 atom stereocenters. The number of thiocarbonyl (C=S) groups is 1. The molecule has 1 aliphatic carbocycles. The van der Waals surface area contributed by atoms with Crippen molar-refractivity contribution in [2.75, 3.05) is 12.4 Å². The van der Waals surface area contributed by atoms with Gasteiger partial charge in [-0.15, -0.1) is 0 Å². The lowest BCUT2D eigenvalue weighted by Gasteiger charge is -2.32. The molecule has 1 fully saturated rings. The minimum atomic E-state index is -3.88. The Morgan fingerprint density at radius 3 is 2.45 bits per heavy atom. The van der Waals surface area contributed by atoms with Crippen LogP contribution in [0.4, 0.5) is 4.39 Å². The van der Waals surface area contributed by atoms with E-state index in [1.807, 2.05) is 23.6 Å². The summed E-state index contributed by atoms with van der Waals surface area (Å²) in [6, 6.07) is 14.1. The lowest BCUT2D eigenvalue weighted by Crippen LogP contribution is -2.46. The van der Waals surface area contributed by atoms with Crippen LogP contribution in [0, 0.1) is 6.92 Å². The zero-order valence-electron chi connectivity index (χ0n) is 21.0. The zero-order valence-corrected chi connectivity index (χ0v) is 24.1. The maximum absolute atomic E-state index is 12.4. The lowest BCUT2D eigenvalue weighted by molar-refractivity contribution is 0.252. The number of hydrogen-bond donors (Lipinski definition) is 1. The molecule has 1 heterocycles. The molecular weight excluding hydrogens is 568 g/mol. The van der Waals surface area contributed by atoms with E-state index in [0.717, 1.165) is 53.9 Å². The first kappa shape index (κ1) is 28.8. The minimum Gasteiger partial charge on any atom is -0.382 e. The van der Waals surface area contributed by atoms with E-state index in [1.165, 1.54) is 6.42 Å². The summed E-state index contributed by atoms with van der Waals surface area (Å²) in [6.07, 6.45) is 5.36. The van der Waals surface area contributed by atoms with Gasteiger partial charge in [0.15, 0.2) is 0 Å². The highest BCUT2D eigenvalue weighted by atomic mass is 35.5. The Balaban J connectivity index is 1.74. The van der Waals surface area contributed by atoms with Crippen LogP contribution in [0.3, 0.4) is 0 Å². The van der Waals surface area contributed by atoms with Crippen LogP contribution in [0.15, 0.2) is 48.5 Å². The van der Waals surface area contributed by atoms with E-state index in [-0.39, 0.29) is 18.2 Å². The second-order valence-electron chi connectivity index (χ2n) is 9.37. The van der Waals surface area contributed by atoms with Gasteiger partial charge in [0.05, 0.1) is 23.1 Å². The van der Waals surface area contributed by atoms with E-state index in [4.69, 9.17) is 45.4 Å². The lowest BCUT2D eigenvalue weighted by atomic mass is 9.95. The van der Waals surface area contributed by atoms with Crippen LogP contribution in [0.2, 0.25) is 10.0 Å². The molecule has 0 aliphatic heterocycles. The molecule has 204 valence electrons. The van der Waals surface area contributed by atoms with Crippen molar-refractivity contribution in [3.8, 4) is 22.7 Å². The van der Waals surface area contributed by atoms with Gasteiger partial charge in [-0.25, -0.2) is 5.84 Å². The fourth-order valence-corrected chi connectivity index (χ4v) is 6.60. The van der Waals surface area contributed by atoms with E-state index in [2.05, 4.69) is 0 Å². The number of benzene rings is 2. The number of aromatic nitrogens is 1. The van der Waals surface area contributed by atoms with Crippen molar-refractivity contribution in [1.82, 2.24) is 9.58 Å². The van der Waals surface area contributed by atoms with Crippen LogP contribution in [0.25, 0.3) is 16.9 Å². The Morgan fingerprint density at radius 1 is 1.13 bits per heavy atom. The largest absolute Gasteiger partial charge is 0.382 e. The van der Waals surface area contributed by atoms with E-state index in [9.17, 15) is 12.8 Å². The molecule has 0 unspecified atom stereocenters. The maximum Gasteiger partial charge on any atom is 0.309 e. The molecule has 11 heteroatoms. The average Bonchev–Trinajstić information content (AvgIpc) is 3.24. The monoisotopic (exact) mass is 597 g/mol. The summed E-state index contributed by atoms with van der Waals surface area (Å²) in [4.78, 5) is 0.554. The van der Waals surface area contributed by atoms with E-state index < -0.39 is 22.5 Å². The maximum atomic E-state index is 12.4. The van der Waals surface area contributed by atoms with Gasteiger partial charge in [-0.3, -0.25) is 9.40 Å². The summed E-state index contributed by atoms with van der Waals surface area (Å²) in [5, 5.41) is 2.71. The van der Waals surface area contributed by atoms with E-state index in [0.29, 0.717) is 15.0 Å². The Kier molecular flexibility index (Phi) is 9.36. The van der Waals surface area contributed by atoms with Gasteiger partial charge in [-0.2, -0.15) is 8.42 Å². The summed E-state index contributed by atoms with van der Waals surface area (Å²) in [7, 11) is -3.88. The van der Waals surface area contributed by atoms with Crippen molar-refractivity contribution < 1.29 is 17.0 Å². The van der Waals surface area contributed by atoms with Crippen molar-refractivity contribution in [2.45, 2.75) is 51.5 Å². The van der Waals surface area contributed by atoms with Crippen LogP contribution in [0.5, 0.6) is 5.75 Å². The first-order chi connectivity index (χ1) is 18.1.